The minimum atomic E-state index is -0.586. The van der Waals surface area contributed by atoms with Gasteiger partial charge in [0.1, 0.15) is 5.82 Å². The topological polar surface area (TPSA) is 42.0 Å². The summed E-state index contributed by atoms with van der Waals surface area (Å²) in [4.78, 5) is 14.9. The van der Waals surface area contributed by atoms with Crippen molar-refractivity contribution in [3.05, 3.63) is 24.1 Å². The van der Waals surface area contributed by atoms with Crippen molar-refractivity contribution in [1.82, 2.24) is 4.98 Å². The number of carbonyl (C=O) groups excluding carboxylic acids is 1. The number of nitrogens with zero attached hydrogens (tertiary/aromatic N) is 1. The first-order valence-corrected chi connectivity index (χ1v) is 5.00. The molecule has 15 heavy (non-hydrogen) atoms. The Morgan fingerprint density at radius 2 is 2.27 bits per heavy atom. The lowest BCUT2D eigenvalue weighted by atomic mass is 10.1. The molecule has 0 fully saturated rings. The van der Waals surface area contributed by atoms with Crippen LogP contribution in [-0.2, 0) is 4.79 Å². The van der Waals surface area contributed by atoms with Gasteiger partial charge in [0.15, 0.2) is 0 Å². The van der Waals surface area contributed by atoms with Gasteiger partial charge in [-0.15, -0.1) is 0 Å². The highest BCUT2D eigenvalue weighted by Gasteiger charge is 2.05. The van der Waals surface area contributed by atoms with Gasteiger partial charge in [-0.1, -0.05) is 19.9 Å². The maximum absolute atomic E-state index is 12.7. The van der Waals surface area contributed by atoms with Gasteiger partial charge in [-0.3, -0.25) is 4.79 Å². The third-order valence-corrected chi connectivity index (χ3v) is 1.93. The van der Waals surface area contributed by atoms with Crippen molar-refractivity contribution in [2.75, 3.05) is 5.32 Å². The number of anilines is 1. The molecule has 0 saturated carbocycles. The molecule has 1 heterocycles. The monoisotopic (exact) mass is 210 g/mol. The molecule has 0 aromatic carbocycles. The first-order chi connectivity index (χ1) is 7.08. The lowest BCUT2D eigenvalue weighted by molar-refractivity contribution is -0.116. The van der Waals surface area contributed by atoms with Crippen LogP contribution in [0, 0.1) is 11.9 Å². The minimum absolute atomic E-state index is 0.123. The molecule has 1 N–H and O–H groups in total. The van der Waals surface area contributed by atoms with E-state index in [4.69, 9.17) is 0 Å². The van der Waals surface area contributed by atoms with Crippen molar-refractivity contribution in [2.45, 2.75) is 26.7 Å². The maximum atomic E-state index is 12.7. The number of carbonyl (C=O) groups is 1. The zero-order valence-electron chi connectivity index (χ0n) is 8.96. The van der Waals surface area contributed by atoms with Gasteiger partial charge in [0.25, 0.3) is 0 Å². The molecule has 0 bridgehead atoms. The number of rotatable bonds is 4. The van der Waals surface area contributed by atoms with E-state index >= 15 is 0 Å². The average Bonchev–Trinajstić information content (AvgIpc) is 2.15. The Bertz CT molecular complexity index is 339. The number of pyridine rings is 1. The van der Waals surface area contributed by atoms with Crippen molar-refractivity contribution in [2.24, 2.45) is 5.92 Å². The van der Waals surface area contributed by atoms with Gasteiger partial charge in [-0.05, 0) is 24.5 Å². The van der Waals surface area contributed by atoms with Crippen LogP contribution in [0.2, 0.25) is 0 Å². The number of amides is 1. The second kappa shape index (κ2) is 5.44. The highest BCUT2D eigenvalue weighted by Crippen LogP contribution is 2.07. The SMILES string of the molecule is CC(C)CCC(=O)Nc1cccc(F)n1. The van der Waals surface area contributed by atoms with Gasteiger partial charge in [-0.2, -0.15) is 4.39 Å². The molecule has 1 aromatic heterocycles. The standard InChI is InChI=1S/C11H15FN2O/c1-8(2)6-7-11(15)14-10-5-3-4-9(12)13-10/h3-5,8H,6-7H2,1-2H3,(H,13,14,15). The second-order valence-electron chi connectivity index (χ2n) is 3.83. The molecule has 0 saturated heterocycles. The van der Waals surface area contributed by atoms with Gasteiger partial charge < -0.3 is 5.32 Å². The summed E-state index contributed by atoms with van der Waals surface area (Å²) in [5, 5.41) is 2.55. The van der Waals surface area contributed by atoms with Crippen LogP contribution in [0.1, 0.15) is 26.7 Å². The van der Waals surface area contributed by atoms with Gasteiger partial charge in [0, 0.05) is 6.42 Å². The molecular formula is C11H15FN2O. The zero-order chi connectivity index (χ0) is 11.3. The van der Waals surface area contributed by atoms with E-state index in [9.17, 15) is 9.18 Å². The molecule has 0 aliphatic carbocycles. The number of nitrogens with one attached hydrogen (secondary N) is 1. The van der Waals surface area contributed by atoms with Crippen molar-refractivity contribution in [3.8, 4) is 0 Å². The van der Waals surface area contributed by atoms with E-state index < -0.39 is 5.95 Å². The molecule has 0 atom stereocenters. The van der Waals surface area contributed by atoms with Gasteiger partial charge in [0.2, 0.25) is 11.9 Å². The number of aromatic nitrogens is 1. The minimum Gasteiger partial charge on any atom is -0.311 e. The Morgan fingerprint density at radius 3 is 2.87 bits per heavy atom. The quantitative estimate of drug-likeness (QED) is 0.776. The molecular weight excluding hydrogens is 195 g/mol. The van der Waals surface area contributed by atoms with Crippen molar-refractivity contribution in [1.29, 1.82) is 0 Å². The molecule has 1 aromatic rings. The van der Waals surface area contributed by atoms with E-state index in [-0.39, 0.29) is 11.7 Å². The van der Waals surface area contributed by atoms with E-state index in [0.717, 1.165) is 6.42 Å². The van der Waals surface area contributed by atoms with Crippen LogP contribution in [0.3, 0.4) is 0 Å². The van der Waals surface area contributed by atoms with Gasteiger partial charge in [0.05, 0.1) is 0 Å². The molecule has 3 nitrogen and oxygen atoms in total. The molecule has 0 aliphatic rings. The van der Waals surface area contributed by atoms with Crippen molar-refractivity contribution < 1.29 is 9.18 Å². The smallest absolute Gasteiger partial charge is 0.225 e. The van der Waals surface area contributed by atoms with E-state index in [1.54, 1.807) is 6.07 Å². The Labute approximate surface area is 88.7 Å². The summed E-state index contributed by atoms with van der Waals surface area (Å²) in [6, 6.07) is 4.32. The molecule has 0 aliphatic heterocycles. The van der Waals surface area contributed by atoms with Crippen LogP contribution >= 0.6 is 0 Å². The van der Waals surface area contributed by atoms with Crippen LogP contribution in [0.5, 0.6) is 0 Å². The average molecular weight is 210 g/mol. The van der Waals surface area contributed by atoms with E-state index in [1.165, 1.54) is 12.1 Å². The fourth-order valence-electron chi connectivity index (χ4n) is 1.10. The van der Waals surface area contributed by atoms with E-state index in [1.807, 2.05) is 13.8 Å². The molecule has 82 valence electrons. The third-order valence-electron chi connectivity index (χ3n) is 1.93. The Balaban J connectivity index is 2.44. The van der Waals surface area contributed by atoms with Crippen LogP contribution in [0.15, 0.2) is 18.2 Å². The van der Waals surface area contributed by atoms with Gasteiger partial charge in [-0.25, -0.2) is 4.98 Å². The summed E-state index contributed by atoms with van der Waals surface area (Å²) in [6.45, 7) is 4.10. The van der Waals surface area contributed by atoms with Crippen molar-refractivity contribution in [3.63, 3.8) is 0 Å². The normalized spacial score (nSPS) is 10.4. The van der Waals surface area contributed by atoms with Crippen LogP contribution in [0.4, 0.5) is 10.2 Å². The molecule has 4 heteroatoms. The predicted octanol–water partition coefficient (Wildman–Crippen LogP) is 2.60. The Hall–Kier alpha value is -1.45. The van der Waals surface area contributed by atoms with E-state index in [0.29, 0.717) is 12.3 Å². The van der Waals surface area contributed by atoms with Crippen LogP contribution < -0.4 is 5.32 Å². The van der Waals surface area contributed by atoms with Crippen LogP contribution in [-0.4, -0.2) is 10.9 Å². The Morgan fingerprint density at radius 1 is 1.53 bits per heavy atom. The maximum Gasteiger partial charge on any atom is 0.225 e. The molecule has 0 radical (unpaired) electrons. The van der Waals surface area contributed by atoms with Crippen molar-refractivity contribution >= 4 is 11.7 Å². The lowest BCUT2D eigenvalue weighted by Gasteiger charge is -2.05. The molecule has 1 rings (SSSR count). The molecule has 0 unspecified atom stereocenters. The number of hydrogen-bond acceptors (Lipinski definition) is 2. The van der Waals surface area contributed by atoms with Gasteiger partial charge >= 0.3 is 0 Å². The lowest BCUT2D eigenvalue weighted by Crippen LogP contribution is -2.13. The number of hydrogen-bond donors (Lipinski definition) is 1. The fourth-order valence-corrected chi connectivity index (χ4v) is 1.10. The highest BCUT2D eigenvalue weighted by atomic mass is 19.1. The first kappa shape index (κ1) is 11.6. The molecule has 0 spiro atoms. The summed E-state index contributed by atoms with van der Waals surface area (Å²) in [6.07, 6.45) is 1.26. The summed E-state index contributed by atoms with van der Waals surface area (Å²) in [5.41, 5.74) is 0. The fraction of sp³-hybridized carbons (Fsp3) is 0.455. The molecule has 1 amide bonds. The summed E-state index contributed by atoms with van der Waals surface area (Å²) < 4.78 is 12.7. The summed E-state index contributed by atoms with van der Waals surface area (Å²) >= 11 is 0. The highest BCUT2D eigenvalue weighted by molar-refractivity contribution is 5.89. The number of halogens is 1. The predicted molar refractivity (Wildman–Crippen MR) is 56.9 cm³/mol. The second-order valence-corrected chi connectivity index (χ2v) is 3.83. The largest absolute Gasteiger partial charge is 0.311 e. The van der Waals surface area contributed by atoms with E-state index in [2.05, 4.69) is 10.3 Å². The summed E-state index contributed by atoms with van der Waals surface area (Å²) in [7, 11) is 0. The summed E-state index contributed by atoms with van der Waals surface area (Å²) in [5.74, 6) is 0.0402. The zero-order valence-corrected chi connectivity index (χ0v) is 8.96. The van der Waals surface area contributed by atoms with Crippen LogP contribution in [0.25, 0.3) is 0 Å². The third kappa shape index (κ3) is 4.54. The Kier molecular flexibility index (Phi) is 4.21. The first-order valence-electron chi connectivity index (χ1n) is 5.00.